The second-order valence-corrected chi connectivity index (χ2v) is 7.02. The van der Waals surface area contributed by atoms with E-state index in [1.807, 2.05) is 0 Å². The van der Waals surface area contributed by atoms with Gasteiger partial charge in [-0.15, -0.1) is 26.3 Å². The first-order chi connectivity index (χ1) is 13.8. The summed E-state index contributed by atoms with van der Waals surface area (Å²) in [5.74, 6) is -0.785. The first kappa shape index (κ1) is 23.6. The summed E-state index contributed by atoms with van der Waals surface area (Å²) < 4.78 is 78.5. The van der Waals surface area contributed by atoms with Crippen molar-refractivity contribution in [2.75, 3.05) is 17.2 Å². The fourth-order valence-electron chi connectivity index (χ4n) is 2.46. The van der Waals surface area contributed by atoms with Crippen molar-refractivity contribution < 1.29 is 40.6 Å². The summed E-state index contributed by atoms with van der Waals surface area (Å²) in [4.78, 5) is 12.9. The van der Waals surface area contributed by atoms with Crippen molar-refractivity contribution in [1.29, 1.82) is 0 Å². The number of anilines is 2. The van der Waals surface area contributed by atoms with E-state index >= 15 is 0 Å². The molecular formula is C18H15BrF6N2O3. The Morgan fingerprint density at radius 2 is 1.47 bits per heavy atom. The lowest BCUT2D eigenvalue weighted by atomic mass is 10.3. The van der Waals surface area contributed by atoms with E-state index in [9.17, 15) is 31.1 Å². The molecule has 30 heavy (non-hydrogen) atoms. The summed E-state index contributed by atoms with van der Waals surface area (Å²) in [7, 11) is 0. The van der Waals surface area contributed by atoms with Gasteiger partial charge in [0.05, 0.1) is 4.83 Å². The van der Waals surface area contributed by atoms with Gasteiger partial charge in [-0.1, -0.05) is 28.1 Å². The van der Waals surface area contributed by atoms with Gasteiger partial charge >= 0.3 is 12.7 Å². The van der Waals surface area contributed by atoms with Gasteiger partial charge in [0.2, 0.25) is 5.91 Å². The van der Waals surface area contributed by atoms with Crippen LogP contribution in [0.25, 0.3) is 0 Å². The average molecular weight is 501 g/mol. The maximum atomic E-state index is 12.1. The zero-order valence-electron chi connectivity index (χ0n) is 15.0. The van der Waals surface area contributed by atoms with Crippen molar-refractivity contribution in [3.05, 3.63) is 48.5 Å². The number of hydrogen-bond acceptors (Lipinski definition) is 4. The van der Waals surface area contributed by atoms with Crippen LogP contribution in [0.3, 0.4) is 0 Å². The van der Waals surface area contributed by atoms with Crippen LogP contribution in [0, 0.1) is 0 Å². The van der Waals surface area contributed by atoms with Gasteiger partial charge in [-0.05, 0) is 30.7 Å². The fourth-order valence-corrected chi connectivity index (χ4v) is 2.91. The minimum absolute atomic E-state index is 0.154. The molecule has 0 radical (unpaired) electrons. The van der Waals surface area contributed by atoms with Crippen molar-refractivity contribution in [1.82, 2.24) is 0 Å². The van der Waals surface area contributed by atoms with Gasteiger partial charge in [0.25, 0.3) is 0 Å². The van der Waals surface area contributed by atoms with Crippen LogP contribution in [-0.4, -0.2) is 30.0 Å². The molecule has 0 bridgehead atoms. The zero-order valence-corrected chi connectivity index (χ0v) is 16.6. The van der Waals surface area contributed by atoms with Gasteiger partial charge in [0.15, 0.2) is 0 Å². The quantitative estimate of drug-likeness (QED) is 0.355. The van der Waals surface area contributed by atoms with Crippen molar-refractivity contribution in [2.45, 2.75) is 24.0 Å². The van der Waals surface area contributed by atoms with Crippen LogP contribution in [0.4, 0.5) is 37.7 Å². The highest BCUT2D eigenvalue weighted by Gasteiger charge is 2.33. The second-order valence-electron chi connectivity index (χ2n) is 5.91. The third kappa shape index (κ3) is 7.65. The molecule has 1 atom stereocenters. The lowest BCUT2D eigenvalue weighted by Gasteiger charge is -2.17. The van der Waals surface area contributed by atoms with E-state index in [2.05, 4.69) is 25.4 Å². The Bertz CT molecular complexity index is 875. The van der Waals surface area contributed by atoms with E-state index in [1.54, 1.807) is 6.07 Å². The van der Waals surface area contributed by atoms with Gasteiger partial charge < -0.3 is 20.1 Å². The molecule has 0 saturated carbocycles. The number of carbonyl (C=O) groups excluding carboxylic acids is 1. The van der Waals surface area contributed by atoms with Crippen LogP contribution in [-0.2, 0) is 4.79 Å². The normalized spacial score (nSPS) is 16.7. The minimum atomic E-state index is -4.73. The summed E-state index contributed by atoms with van der Waals surface area (Å²) in [6.45, 7) is 0.476. The molecule has 12 heteroatoms. The van der Waals surface area contributed by atoms with Gasteiger partial charge in [-0.2, -0.15) is 0 Å². The van der Waals surface area contributed by atoms with Gasteiger partial charge in [0, 0.05) is 30.1 Å². The number of rotatable bonds is 3. The molecule has 0 spiro atoms. The zero-order chi connectivity index (χ0) is 22.5. The van der Waals surface area contributed by atoms with E-state index in [1.165, 1.54) is 41.3 Å². The summed E-state index contributed by atoms with van der Waals surface area (Å²) >= 11 is 3.21. The molecule has 0 aliphatic carbocycles. The molecule has 2 aromatic carbocycles. The molecule has 1 heterocycles. The molecule has 2 aromatic rings. The van der Waals surface area contributed by atoms with Crippen LogP contribution in [0.5, 0.6) is 11.5 Å². The molecule has 164 valence electrons. The van der Waals surface area contributed by atoms with E-state index in [0.29, 0.717) is 18.7 Å². The van der Waals surface area contributed by atoms with Crippen LogP contribution in [0.15, 0.2) is 48.5 Å². The fraction of sp³-hybridized carbons (Fsp3) is 0.278. The van der Waals surface area contributed by atoms with Crippen molar-refractivity contribution in [3.8, 4) is 11.5 Å². The summed E-state index contributed by atoms with van der Waals surface area (Å²) in [6, 6.07) is 10.5. The van der Waals surface area contributed by atoms with E-state index in [4.69, 9.17) is 5.73 Å². The number of benzene rings is 2. The lowest BCUT2D eigenvalue weighted by Crippen LogP contribution is -2.27. The molecule has 1 unspecified atom stereocenters. The molecule has 5 nitrogen and oxygen atoms in total. The highest BCUT2D eigenvalue weighted by molar-refractivity contribution is 9.10. The summed E-state index contributed by atoms with van der Waals surface area (Å²) in [5.41, 5.74) is 5.87. The Morgan fingerprint density at radius 1 is 0.933 bits per heavy atom. The van der Waals surface area contributed by atoms with Crippen LogP contribution in [0.2, 0.25) is 0 Å². The van der Waals surface area contributed by atoms with Crippen LogP contribution >= 0.6 is 15.9 Å². The maximum Gasteiger partial charge on any atom is 0.573 e. The summed E-state index contributed by atoms with van der Waals surface area (Å²) in [5, 5.41) is 0. The predicted molar refractivity (Wildman–Crippen MR) is 100 cm³/mol. The topological polar surface area (TPSA) is 64.8 Å². The van der Waals surface area contributed by atoms with Gasteiger partial charge in [-0.3, -0.25) is 4.79 Å². The van der Waals surface area contributed by atoms with Gasteiger partial charge in [0.1, 0.15) is 11.5 Å². The lowest BCUT2D eigenvalue weighted by molar-refractivity contribution is -0.275. The Morgan fingerprint density at radius 3 is 1.93 bits per heavy atom. The minimum Gasteiger partial charge on any atom is -0.406 e. The third-order valence-electron chi connectivity index (χ3n) is 3.59. The van der Waals surface area contributed by atoms with E-state index < -0.39 is 12.7 Å². The van der Waals surface area contributed by atoms with E-state index in [-0.39, 0.29) is 27.9 Å². The first-order valence-corrected chi connectivity index (χ1v) is 9.18. The first-order valence-electron chi connectivity index (χ1n) is 8.26. The van der Waals surface area contributed by atoms with Gasteiger partial charge in [-0.25, -0.2) is 0 Å². The molecule has 1 fully saturated rings. The summed E-state index contributed by atoms with van der Waals surface area (Å²) in [6.07, 6.45) is -8.76. The second kappa shape index (κ2) is 9.45. The van der Waals surface area contributed by atoms with Crippen LogP contribution < -0.4 is 20.1 Å². The maximum absolute atomic E-state index is 12.1. The highest BCUT2D eigenvalue weighted by Crippen LogP contribution is 2.30. The van der Waals surface area contributed by atoms with E-state index in [0.717, 1.165) is 6.07 Å². The number of carbonyl (C=O) groups is 1. The Balaban J connectivity index is 0.000000232. The number of amides is 1. The number of nitrogen functional groups attached to an aromatic ring is 1. The van der Waals surface area contributed by atoms with Crippen molar-refractivity contribution in [3.63, 3.8) is 0 Å². The molecular weight excluding hydrogens is 486 g/mol. The number of nitrogens with two attached hydrogens (primary N) is 1. The average Bonchev–Trinajstić information content (AvgIpc) is 2.92. The number of nitrogens with zero attached hydrogens (tertiary/aromatic N) is 1. The third-order valence-corrected chi connectivity index (χ3v) is 4.44. The Kier molecular flexibility index (Phi) is 7.45. The molecule has 1 saturated heterocycles. The molecule has 3 rings (SSSR count). The molecule has 1 aliphatic rings. The SMILES string of the molecule is Nc1cccc(OC(F)(F)F)c1.O=C1C(Br)CCN1c1cccc(OC(F)(F)F)c1. The number of ether oxygens (including phenoxy) is 2. The largest absolute Gasteiger partial charge is 0.573 e. The molecule has 1 aliphatic heterocycles. The number of halogens is 7. The van der Waals surface area contributed by atoms with Crippen LogP contribution in [0.1, 0.15) is 6.42 Å². The van der Waals surface area contributed by atoms with Crippen molar-refractivity contribution >= 4 is 33.2 Å². The predicted octanol–water partition coefficient (Wildman–Crippen LogP) is 5.25. The molecule has 0 aromatic heterocycles. The molecule has 2 N–H and O–H groups in total. The number of alkyl halides is 7. The standard InChI is InChI=1S/C11H9BrF3NO2.C7H6F3NO/c12-9-4-5-16(10(9)17)7-2-1-3-8(6-7)18-11(13,14)15;8-7(9,10)12-6-3-1-2-5(11)4-6/h1-3,6,9H,4-5H2;1-4H,11H2. The monoisotopic (exact) mass is 500 g/mol. The smallest absolute Gasteiger partial charge is 0.406 e. The number of hydrogen-bond donors (Lipinski definition) is 1. The Labute approximate surface area is 175 Å². The molecule has 1 amide bonds. The highest BCUT2D eigenvalue weighted by atomic mass is 79.9. The van der Waals surface area contributed by atoms with Crippen molar-refractivity contribution in [2.24, 2.45) is 0 Å². The Hall–Kier alpha value is -2.63.